The van der Waals surface area contributed by atoms with Crippen molar-refractivity contribution in [3.8, 4) is 0 Å². The van der Waals surface area contributed by atoms with Gasteiger partial charge in [0.1, 0.15) is 6.04 Å². The molecule has 0 aliphatic carbocycles. The molecule has 0 fully saturated rings. The SMILES string of the molecule is CC(NCC(=O)NC(C)(C)C)C(=O)O. The molecule has 82 valence electrons. The Bertz CT molecular complexity index is 221. The highest BCUT2D eigenvalue weighted by atomic mass is 16.4. The first-order valence-electron chi connectivity index (χ1n) is 4.49. The van der Waals surface area contributed by atoms with E-state index in [4.69, 9.17) is 5.11 Å². The van der Waals surface area contributed by atoms with Crippen LogP contribution in [-0.2, 0) is 9.59 Å². The molecule has 0 saturated carbocycles. The quantitative estimate of drug-likeness (QED) is 0.598. The van der Waals surface area contributed by atoms with Crippen LogP contribution in [0.15, 0.2) is 0 Å². The maximum absolute atomic E-state index is 11.2. The molecule has 0 bridgehead atoms. The lowest BCUT2D eigenvalue weighted by molar-refractivity contribution is -0.139. The second kappa shape index (κ2) is 4.95. The third kappa shape index (κ3) is 6.42. The Morgan fingerprint density at radius 1 is 1.36 bits per heavy atom. The van der Waals surface area contributed by atoms with Gasteiger partial charge in [-0.15, -0.1) is 0 Å². The van der Waals surface area contributed by atoms with Crippen LogP contribution < -0.4 is 10.6 Å². The normalized spacial score (nSPS) is 13.4. The molecule has 1 atom stereocenters. The molecule has 5 nitrogen and oxygen atoms in total. The highest BCUT2D eigenvalue weighted by molar-refractivity contribution is 5.80. The minimum Gasteiger partial charge on any atom is -0.480 e. The van der Waals surface area contributed by atoms with E-state index in [-0.39, 0.29) is 18.0 Å². The molecule has 1 amide bonds. The number of aliphatic carboxylic acids is 1. The molecule has 0 saturated heterocycles. The van der Waals surface area contributed by atoms with E-state index in [0.29, 0.717) is 0 Å². The number of hydrogen-bond acceptors (Lipinski definition) is 3. The maximum Gasteiger partial charge on any atom is 0.320 e. The summed E-state index contributed by atoms with van der Waals surface area (Å²) in [5.74, 6) is -1.17. The molecule has 0 aromatic rings. The average Bonchev–Trinajstić information content (AvgIpc) is 1.96. The van der Waals surface area contributed by atoms with Crippen molar-refractivity contribution in [1.29, 1.82) is 0 Å². The molecule has 5 heteroatoms. The van der Waals surface area contributed by atoms with Crippen molar-refractivity contribution in [2.24, 2.45) is 0 Å². The Morgan fingerprint density at radius 2 is 1.86 bits per heavy atom. The fourth-order valence-electron chi connectivity index (χ4n) is 0.796. The van der Waals surface area contributed by atoms with Crippen molar-refractivity contribution in [3.05, 3.63) is 0 Å². The predicted octanol–water partition coefficient (Wildman–Crippen LogP) is -0.0362. The zero-order valence-corrected chi connectivity index (χ0v) is 9.05. The van der Waals surface area contributed by atoms with Gasteiger partial charge in [-0.05, 0) is 27.7 Å². The van der Waals surface area contributed by atoms with Gasteiger partial charge in [0.15, 0.2) is 0 Å². The van der Waals surface area contributed by atoms with Gasteiger partial charge in [0.2, 0.25) is 5.91 Å². The third-order valence-corrected chi connectivity index (χ3v) is 1.45. The van der Waals surface area contributed by atoms with Crippen LogP contribution in [0.4, 0.5) is 0 Å². The van der Waals surface area contributed by atoms with E-state index in [1.807, 2.05) is 20.8 Å². The van der Waals surface area contributed by atoms with Gasteiger partial charge >= 0.3 is 5.97 Å². The minimum atomic E-state index is -0.964. The molecule has 0 spiro atoms. The summed E-state index contributed by atoms with van der Waals surface area (Å²) in [7, 11) is 0. The van der Waals surface area contributed by atoms with Crippen LogP contribution in [0.5, 0.6) is 0 Å². The van der Waals surface area contributed by atoms with Crippen molar-refractivity contribution < 1.29 is 14.7 Å². The lowest BCUT2D eigenvalue weighted by atomic mass is 10.1. The summed E-state index contributed by atoms with van der Waals surface area (Å²) in [5, 5.41) is 13.8. The van der Waals surface area contributed by atoms with E-state index in [0.717, 1.165) is 0 Å². The molecule has 0 aromatic carbocycles. The highest BCUT2D eigenvalue weighted by Crippen LogP contribution is 1.97. The third-order valence-electron chi connectivity index (χ3n) is 1.45. The number of carbonyl (C=O) groups is 2. The first-order chi connectivity index (χ1) is 6.22. The Labute approximate surface area is 83.9 Å². The summed E-state index contributed by atoms with van der Waals surface area (Å²) in [4.78, 5) is 21.6. The van der Waals surface area contributed by atoms with E-state index < -0.39 is 12.0 Å². The second-order valence-corrected chi connectivity index (χ2v) is 4.24. The van der Waals surface area contributed by atoms with Crippen molar-refractivity contribution >= 4 is 11.9 Å². The maximum atomic E-state index is 11.2. The lowest BCUT2D eigenvalue weighted by Gasteiger charge is -2.21. The molecule has 0 aliphatic rings. The van der Waals surface area contributed by atoms with Crippen LogP contribution in [-0.4, -0.2) is 35.1 Å². The largest absolute Gasteiger partial charge is 0.480 e. The van der Waals surface area contributed by atoms with Gasteiger partial charge in [-0.1, -0.05) is 0 Å². The van der Waals surface area contributed by atoms with Crippen LogP contribution in [0.25, 0.3) is 0 Å². The van der Waals surface area contributed by atoms with Gasteiger partial charge in [-0.2, -0.15) is 0 Å². The topological polar surface area (TPSA) is 78.4 Å². The summed E-state index contributed by atoms with van der Waals surface area (Å²) >= 11 is 0. The zero-order valence-electron chi connectivity index (χ0n) is 9.05. The zero-order chi connectivity index (χ0) is 11.4. The lowest BCUT2D eigenvalue weighted by Crippen LogP contribution is -2.47. The van der Waals surface area contributed by atoms with Gasteiger partial charge < -0.3 is 10.4 Å². The Hall–Kier alpha value is -1.10. The van der Waals surface area contributed by atoms with E-state index >= 15 is 0 Å². The van der Waals surface area contributed by atoms with Crippen molar-refractivity contribution in [1.82, 2.24) is 10.6 Å². The smallest absolute Gasteiger partial charge is 0.320 e. The van der Waals surface area contributed by atoms with Crippen molar-refractivity contribution in [2.45, 2.75) is 39.3 Å². The Balaban J connectivity index is 3.81. The van der Waals surface area contributed by atoms with Crippen LogP contribution in [0.3, 0.4) is 0 Å². The van der Waals surface area contributed by atoms with E-state index in [1.165, 1.54) is 6.92 Å². The van der Waals surface area contributed by atoms with Crippen molar-refractivity contribution in [2.75, 3.05) is 6.54 Å². The summed E-state index contributed by atoms with van der Waals surface area (Å²) in [6.45, 7) is 7.11. The predicted molar refractivity (Wildman–Crippen MR) is 53.0 cm³/mol. The van der Waals surface area contributed by atoms with E-state index in [9.17, 15) is 9.59 Å². The Kier molecular flexibility index (Phi) is 4.56. The number of rotatable bonds is 4. The number of carbonyl (C=O) groups excluding carboxylic acids is 1. The summed E-state index contributed by atoms with van der Waals surface area (Å²) in [6, 6.07) is -0.708. The van der Waals surface area contributed by atoms with Crippen LogP contribution in [0.2, 0.25) is 0 Å². The minimum absolute atomic E-state index is 0.0186. The van der Waals surface area contributed by atoms with Gasteiger partial charge in [-0.25, -0.2) is 0 Å². The van der Waals surface area contributed by atoms with Gasteiger partial charge in [0, 0.05) is 5.54 Å². The molecule has 3 N–H and O–H groups in total. The van der Waals surface area contributed by atoms with E-state index in [2.05, 4.69) is 10.6 Å². The highest BCUT2D eigenvalue weighted by Gasteiger charge is 2.15. The van der Waals surface area contributed by atoms with Crippen LogP contribution in [0, 0.1) is 0 Å². The van der Waals surface area contributed by atoms with Gasteiger partial charge in [0.05, 0.1) is 6.54 Å². The number of amides is 1. The van der Waals surface area contributed by atoms with Gasteiger partial charge in [0.25, 0.3) is 0 Å². The molecule has 0 rings (SSSR count). The second-order valence-electron chi connectivity index (χ2n) is 4.24. The number of nitrogens with one attached hydrogen (secondary N) is 2. The molecule has 0 radical (unpaired) electrons. The first kappa shape index (κ1) is 12.9. The molecule has 0 aromatic heterocycles. The van der Waals surface area contributed by atoms with Crippen LogP contribution in [0.1, 0.15) is 27.7 Å². The first-order valence-corrected chi connectivity index (χ1v) is 4.49. The Morgan fingerprint density at radius 3 is 2.21 bits per heavy atom. The average molecular weight is 202 g/mol. The van der Waals surface area contributed by atoms with E-state index in [1.54, 1.807) is 0 Å². The fraction of sp³-hybridized carbons (Fsp3) is 0.778. The monoisotopic (exact) mass is 202 g/mol. The molecule has 1 unspecified atom stereocenters. The number of carboxylic acid groups (broad SMARTS) is 1. The number of carboxylic acids is 1. The molecular weight excluding hydrogens is 184 g/mol. The van der Waals surface area contributed by atoms with Gasteiger partial charge in [-0.3, -0.25) is 14.9 Å². The standard InChI is InChI=1S/C9H18N2O3/c1-6(8(13)14)10-5-7(12)11-9(2,3)4/h6,10H,5H2,1-4H3,(H,11,12)(H,13,14). The summed E-state index contributed by atoms with van der Waals surface area (Å²) < 4.78 is 0. The molecule has 0 heterocycles. The van der Waals surface area contributed by atoms with Crippen LogP contribution >= 0.6 is 0 Å². The molecule has 0 aliphatic heterocycles. The summed E-state index contributed by atoms with van der Waals surface area (Å²) in [5.41, 5.74) is -0.286. The summed E-state index contributed by atoms with van der Waals surface area (Å²) in [6.07, 6.45) is 0. The fourth-order valence-corrected chi connectivity index (χ4v) is 0.796. The molecule has 14 heavy (non-hydrogen) atoms. The van der Waals surface area contributed by atoms with Crippen molar-refractivity contribution in [3.63, 3.8) is 0 Å². The number of hydrogen-bond donors (Lipinski definition) is 3. The molecular formula is C9H18N2O3.